The predicted molar refractivity (Wildman–Crippen MR) is 67.5 cm³/mol. The standard InChI is InChI=1S/C11H16BrN3O/c1-8-7-16-3-2-15(8)11-9(5-13)4-10(12)6-14-11/h4,6,8H,2-3,5,7,13H2,1H3. The van der Waals surface area contributed by atoms with Gasteiger partial charge in [-0.3, -0.25) is 0 Å². The van der Waals surface area contributed by atoms with Crippen molar-refractivity contribution in [1.82, 2.24) is 4.98 Å². The first-order valence-corrected chi connectivity index (χ1v) is 6.20. The van der Waals surface area contributed by atoms with Crippen molar-refractivity contribution >= 4 is 21.7 Å². The third kappa shape index (κ3) is 2.36. The van der Waals surface area contributed by atoms with E-state index in [1.54, 1.807) is 0 Å². The molecule has 2 heterocycles. The molecule has 1 aliphatic heterocycles. The number of halogens is 1. The first-order chi connectivity index (χ1) is 7.72. The average molecular weight is 286 g/mol. The monoisotopic (exact) mass is 285 g/mol. The highest BCUT2D eigenvalue weighted by Gasteiger charge is 2.22. The van der Waals surface area contributed by atoms with Gasteiger partial charge in [-0.25, -0.2) is 4.98 Å². The molecule has 16 heavy (non-hydrogen) atoms. The molecule has 2 N–H and O–H groups in total. The quantitative estimate of drug-likeness (QED) is 0.895. The van der Waals surface area contributed by atoms with Crippen LogP contribution in [0.2, 0.25) is 0 Å². The second-order valence-corrected chi connectivity index (χ2v) is 4.87. The topological polar surface area (TPSA) is 51.4 Å². The second kappa shape index (κ2) is 5.12. The van der Waals surface area contributed by atoms with Gasteiger partial charge in [0.2, 0.25) is 0 Å². The SMILES string of the molecule is CC1COCCN1c1ncc(Br)cc1CN. The molecule has 1 fully saturated rings. The van der Waals surface area contributed by atoms with E-state index in [4.69, 9.17) is 10.5 Å². The molecule has 0 spiro atoms. The molecular weight excluding hydrogens is 270 g/mol. The zero-order chi connectivity index (χ0) is 11.5. The van der Waals surface area contributed by atoms with Gasteiger partial charge in [0.05, 0.1) is 19.3 Å². The van der Waals surface area contributed by atoms with E-state index < -0.39 is 0 Å². The first-order valence-electron chi connectivity index (χ1n) is 5.41. The van der Waals surface area contributed by atoms with E-state index in [-0.39, 0.29) is 0 Å². The largest absolute Gasteiger partial charge is 0.377 e. The molecule has 0 radical (unpaired) electrons. The van der Waals surface area contributed by atoms with E-state index in [1.807, 2.05) is 12.3 Å². The molecule has 88 valence electrons. The molecule has 0 amide bonds. The fourth-order valence-electron chi connectivity index (χ4n) is 1.92. The van der Waals surface area contributed by atoms with Gasteiger partial charge in [-0.1, -0.05) is 0 Å². The second-order valence-electron chi connectivity index (χ2n) is 3.96. The zero-order valence-electron chi connectivity index (χ0n) is 9.32. The van der Waals surface area contributed by atoms with Gasteiger partial charge >= 0.3 is 0 Å². The van der Waals surface area contributed by atoms with Crippen molar-refractivity contribution in [2.75, 3.05) is 24.7 Å². The van der Waals surface area contributed by atoms with Crippen molar-refractivity contribution in [3.63, 3.8) is 0 Å². The minimum Gasteiger partial charge on any atom is -0.377 e. The molecule has 2 rings (SSSR count). The summed E-state index contributed by atoms with van der Waals surface area (Å²) in [5.41, 5.74) is 6.83. The van der Waals surface area contributed by atoms with E-state index >= 15 is 0 Å². The zero-order valence-corrected chi connectivity index (χ0v) is 10.9. The molecule has 0 aliphatic carbocycles. The van der Waals surface area contributed by atoms with Gasteiger partial charge in [-0.15, -0.1) is 0 Å². The minimum atomic E-state index is 0.354. The fourth-order valence-corrected chi connectivity index (χ4v) is 2.30. The van der Waals surface area contributed by atoms with Gasteiger partial charge in [0.1, 0.15) is 5.82 Å². The molecule has 0 saturated carbocycles. The summed E-state index contributed by atoms with van der Waals surface area (Å²) in [6.45, 7) is 5.03. The molecule has 5 heteroatoms. The minimum absolute atomic E-state index is 0.354. The van der Waals surface area contributed by atoms with E-state index in [0.717, 1.165) is 35.6 Å². The summed E-state index contributed by atoms with van der Waals surface area (Å²) >= 11 is 3.41. The molecular formula is C11H16BrN3O. The highest BCUT2D eigenvalue weighted by Crippen LogP contribution is 2.24. The Kier molecular flexibility index (Phi) is 3.78. The number of aromatic nitrogens is 1. The van der Waals surface area contributed by atoms with Crippen molar-refractivity contribution in [2.24, 2.45) is 5.73 Å². The van der Waals surface area contributed by atoms with Crippen LogP contribution < -0.4 is 10.6 Å². The number of nitrogens with zero attached hydrogens (tertiary/aromatic N) is 2. The Morgan fingerprint density at radius 1 is 1.69 bits per heavy atom. The number of rotatable bonds is 2. The summed E-state index contributed by atoms with van der Waals surface area (Å²) in [7, 11) is 0. The van der Waals surface area contributed by atoms with Gasteiger partial charge in [-0.05, 0) is 28.9 Å². The maximum absolute atomic E-state index is 5.75. The molecule has 4 nitrogen and oxygen atoms in total. The summed E-state index contributed by atoms with van der Waals surface area (Å²) in [4.78, 5) is 6.73. The Morgan fingerprint density at radius 3 is 3.19 bits per heavy atom. The maximum atomic E-state index is 5.75. The van der Waals surface area contributed by atoms with E-state index in [1.165, 1.54) is 0 Å². The Morgan fingerprint density at radius 2 is 2.50 bits per heavy atom. The van der Waals surface area contributed by atoms with E-state index in [2.05, 4.69) is 32.7 Å². The third-order valence-electron chi connectivity index (χ3n) is 2.77. The molecule has 1 aromatic rings. The van der Waals surface area contributed by atoms with Crippen LogP contribution in [0.25, 0.3) is 0 Å². The lowest BCUT2D eigenvalue weighted by Gasteiger charge is -2.35. The van der Waals surface area contributed by atoms with Crippen LogP contribution in [0.4, 0.5) is 5.82 Å². The Hall–Kier alpha value is -0.650. The number of ether oxygens (including phenoxy) is 1. The van der Waals surface area contributed by atoms with Gasteiger partial charge in [0.25, 0.3) is 0 Å². The summed E-state index contributed by atoms with van der Waals surface area (Å²) < 4.78 is 6.39. The summed E-state index contributed by atoms with van der Waals surface area (Å²) in [6, 6.07) is 2.39. The van der Waals surface area contributed by atoms with Crippen LogP contribution in [0.3, 0.4) is 0 Å². The van der Waals surface area contributed by atoms with Crippen LogP contribution in [-0.4, -0.2) is 30.8 Å². The molecule has 1 aliphatic rings. The summed E-state index contributed by atoms with van der Waals surface area (Å²) in [6.07, 6.45) is 1.82. The molecule has 1 atom stereocenters. The maximum Gasteiger partial charge on any atom is 0.133 e. The smallest absolute Gasteiger partial charge is 0.133 e. The van der Waals surface area contributed by atoms with Crippen LogP contribution in [0.1, 0.15) is 12.5 Å². The first kappa shape index (κ1) is 11.8. The lowest BCUT2D eigenvalue weighted by Crippen LogP contribution is -2.44. The predicted octanol–water partition coefficient (Wildman–Crippen LogP) is 1.53. The Labute approximate surface area is 104 Å². The van der Waals surface area contributed by atoms with Gasteiger partial charge in [0.15, 0.2) is 0 Å². The number of hydrogen-bond acceptors (Lipinski definition) is 4. The fraction of sp³-hybridized carbons (Fsp3) is 0.545. The van der Waals surface area contributed by atoms with Crippen LogP contribution in [-0.2, 0) is 11.3 Å². The van der Waals surface area contributed by atoms with Crippen molar-refractivity contribution < 1.29 is 4.74 Å². The van der Waals surface area contributed by atoms with Crippen molar-refractivity contribution in [2.45, 2.75) is 19.5 Å². The molecule has 0 aromatic carbocycles. The van der Waals surface area contributed by atoms with Crippen molar-refractivity contribution in [3.8, 4) is 0 Å². The van der Waals surface area contributed by atoms with Crippen LogP contribution in [0.15, 0.2) is 16.7 Å². The van der Waals surface area contributed by atoms with Crippen LogP contribution in [0.5, 0.6) is 0 Å². The van der Waals surface area contributed by atoms with Gasteiger partial charge < -0.3 is 15.4 Å². The normalized spacial score (nSPS) is 21.2. The average Bonchev–Trinajstić information content (AvgIpc) is 2.30. The summed E-state index contributed by atoms with van der Waals surface area (Å²) in [5.74, 6) is 0.988. The molecule has 0 bridgehead atoms. The van der Waals surface area contributed by atoms with Crippen molar-refractivity contribution in [1.29, 1.82) is 0 Å². The highest BCUT2D eigenvalue weighted by molar-refractivity contribution is 9.10. The van der Waals surface area contributed by atoms with E-state index in [0.29, 0.717) is 12.6 Å². The lowest BCUT2D eigenvalue weighted by atomic mass is 10.2. The molecule has 1 unspecified atom stereocenters. The Balaban J connectivity index is 2.30. The van der Waals surface area contributed by atoms with Crippen LogP contribution in [0, 0.1) is 0 Å². The Bertz CT molecular complexity index is 372. The van der Waals surface area contributed by atoms with Crippen LogP contribution >= 0.6 is 15.9 Å². The van der Waals surface area contributed by atoms with Gasteiger partial charge in [0, 0.05) is 29.3 Å². The lowest BCUT2D eigenvalue weighted by molar-refractivity contribution is 0.0984. The highest BCUT2D eigenvalue weighted by atomic mass is 79.9. The number of anilines is 1. The van der Waals surface area contributed by atoms with Gasteiger partial charge in [-0.2, -0.15) is 0 Å². The number of pyridine rings is 1. The number of morpholine rings is 1. The molecule has 1 aromatic heterocycles. The van der Waals surface area contributed by atoms with Crippen molar-refractivity contribution in [3.05, 3.63) is 22.3 Å². The summed E-state index contributed by atoms with van der Waals surface area (Å²) in [5, 5.41) is 0. The number of hydrogen-bond donors (Lipinski definition) is 1. The number of nitrogens with two attached hydrogens (primary N) is 1. The molecule has 1 saturated heterocycles. The third-order valence-corrected chi connectivity index (χ3v) is 3.20. The van der Waals surface area contributed by atoms with E-state index in [9.17, 15) is 0 Å².